The van der Waals surface area contributed by atoms with E-state index in [0.717, 1.165) is 18.7 Å². The summed E-state index contributed by atoms with van der Waals surface area (Å²) in [6.45, 7) is 5.02. The molecule has 0 fully saturated rings. The van der Waals surface area contributed by atoms with E-state index >= 15 is 0 Å². The summed E-state index contributed by atoms with van der Waals surface area (Å²) in [5.41, 5.74) is 1.80. The Labute approximate surface area is 139 Å². The van der Waals surface area contributed by atoms with Crippen LogP contribution >= 0.6 is 0 Å². The molecule has 0 spiro atoms. The van der Waals surface area contributed by atoms with Crippen LogP contribution in [0.15, 0.2) is 41.5 Å². The van der Waals surface area contributed by atoms with Gasteiger partial charge in [-0.3, -0.25) is 14.3 Å². The van der Waals surface area contributed by atoms with Crippen molar-refractivity contribution in [1.82, 2.24) is 14.5 Å². The number of nitrogens with zero attached hydrogens (tertiary/aromatic N) is 3. The van der Waals surface area contributed by atoms with Gasteiger partial charge in [0.2, 0.25) is 0 Å². The standard InChI is InChI=1S/C19H18FN3O/c1-19(2)7-5-17-22-16-9-12(14-10-21-8-6-15(14)20)3-4-13(16)18(24)23(17)11-19/h3-4,6,8-10H,5,7,11H2,1-2H3. The lowest BCUT2D eigenvalue weighted by Crippen LogP contribution is -2.36. The molecule has 2 aromatic heterocycles. The van der Waals surface area contributed by atoms with Gasteiger partial charge in [0.25, 0.3) is 5.56 Å². The van der Waals surface area contributed by atoms with Gasteiger partial charge in [-0.15, -0.1) is 0 Å². The van der Waals surface area contributed by atoms with Crippen LogP contribution in [0, 0.1) is 11.2 Å². The third kappa shape index (κ3) is 2.40. The summed E-state index contributed by atoms with van der Waals surface area (Å²) in [5, 5.41) is 0.574. The Hall–Kier alpha value is -2.56. The molecule has 0 atom stereocenters. The minimum Gasteiger partial charge on any atom is -0.296 e. The first-order chi connectivity index (χ1) is 11.4. The third-order valence-corrected chi connectivity index (χ3v) is 4.72. The van der Waals surface area contributed by atoms with Gasteiger partial charge in [0.1, 0.15) is 11.6 Å². The largest absolute Gasteiger partial charge is 0.296 e. The highest BCUT2D eigenvalue weighted by atomic mass is 19.1. The van der Waals surface area contributed by atoms with Crippen molar-refractivity contribution in [1.29, 1.82) is 0 Å². The number of hydrogen-bond donors (Lipinski definition) is 0. The van der Waals surface area contributed by atoms with Crippen LogP contribution in [0.4, 0.5) is 4.39 Å². The maximum Gasteiger partial charge on any atom is 0.261 e. The quantitative estimate of drug-likeness (QED) is 0.688. The molecule has 1 aromatic carbocycles. The van der Waals surface area contributed by atoms with Gasteiger partial charge in [0, 0.05) is 30.9 Å². The Morgan fingerprint density at radius 2 is 2.08 bits per heavy atom. The van der Waals surface area contributed by atoms with Gasteiger partial charge in [0.15, 0.2) is 0 Å². The highest BCUT2D eigenvalue weighted by molar-refractivity contribution is 5.83. The Morgan fingerprint density at radius 1 is 1.25 bits per heavy atom. The molecular weight excluding hydrogens is 305 g/mol. The first kappa shape index (κ1) is 15.0. The van der Waals surface area contributed by atoms with E-state index in [0.29, 0.717) is 28.6 Å². The van der Waals surface area contributed by atoms with Crippen LogP contribution in [-0.2, 0) is 13.0 Å². The van der Waals surface area contributed by atoms with Crippen LogP contribution in [0.3, 0.4) is 0 Å². The summed E-state index contributed by atoms with van der Waals surface area (Å²) < 4.78 is 15.8. The molecule has 24 heavy (non-hydrogen) atoms. The molecule has 3 aromatic rings. The van der Waals surface area contributed by atoms with Gasteiger partial charge in [-0.2, -0.15) is 0 Å². The van der Waals surface area contributed by atoms with Crippen LogP contribution in [-0.4, -0.2) is 14.5 Å². The zero-order chi connectivity index (χ0) is 16.9. The molecule has 4 nitrogen and oxygen atoms in total. The lowest BCUT2D eigenvalue weighted by atomic mass is 9.85. The predicted molar refractivity (Wildman–Crippen MR) is 91.3 cm³/mol. The molecule has 0 saturated heterocycles. The Balaban J connectivity index is 1.91. The van der Waals surface area contributed by atoms with Crippen LogP contribution in [0.5, 0.6) is 0 Å². The van der Waals surface area contributed by atoms with Crippen LogP contribution in [0.2, 0.25) is 0 Å². The Kier molecular flexibility index (Phi) is 3.27. The Bertz CT molecular complexity index is 1010. The normalized spacial score (nSPS) is 16.1. The van der Waals surface area contributed by atoms with Crippen molar-refractivity contribution < 1.29 is 4.39 Å². The molecule has 3 heterocycles. The first-order valence-corrected chi connectivity index (χ1v) is 8.08. The van der Waals surface area contributed by atoms with Crippen molar-refractivity contribution in [3.8, 4) is 11.1 Å². The monoisotopic (exact) mass is 323 g/mol. The minimum atomic E-state index is -0.333. The average molecular weight is 323 g/mol. The molecule has 0 bridgehead atoms. The van der Waals surface area contributed by atoms with Crippen molar-refractivity contribution in [3.63, 3.8) is 0 Å². The van der Waals surface area contributed by atoms with Crippen LogP contribution < -0.4 is 5.56 Å². The number of fused-ring (bicyclic) bond motifs is 2. The molecule has 0 N–H and O–H groups in total. The SMILES string of the molecule is CC1(C)CCc2nc3cc(-c4cnccc4F)ccc3c(=O)n2C1. The van der Waals surface area contributed by atoms with Gasteiger partial charge in [-0.05, 0) is 35.6 Å². The van der Waals surface area contributed by atoms with E-state index in [1.807, 2.05) is 0 Å². The molecule has 0 radical (unpaired) electrons. The van der Waals surface area contributed by atoms with E-state index in [-0.39, 0.29) is 16.8 Å². The van der Waals surface area contributed by atoms with Gasteiger partial charge >= 0.3 is 0 Å². The van der Waals surface area contributed by atoms with Crippen molar-refractivity contribution >= 4 is 10.9 Å². The summed E-state index contributed by atoms with van der Waals surface area (Å²) in [6.07, 6.45) is 4.69. The number of aryl methyl sites for hydroxylation is 1. The number of aromatic nitrogens is 3. The van der Waals surface area contributed by atoms with Crippen molar-refractivity contribution in [2.75, 3.05) is 0 Å². The fourth-order valence-electron chi connectivity index (χ4n) is 3.34. The molecule has 1 aliphatic rings. The highest BCUT2D eigenvalue weighted by Crippen LogP contribution is 2.30. The van der Waals surface area contributed by atoms with E-state index in [1.54, 1.807) is 22.8 Å². The predicted octanol–water partition coefficient (Wildman–Crippen LogP) is 3.57. The number of pyridine rings is 1. The second kappa shape index (κ2) is 5.23. The van der Waals surface area contributed by atoms with E-state index in [1.165, 1.54) is 18.5 Å². The van der Waals surface area contributed by atoms with Crippen LogP contribution in [0.1, 0.15) is 26.1 Å². The second-order valence-corrected chi connectivity index (χ2v) is 7.17. The number of rotatable bonds is 1. The lowest BCUT2D eigenvalue weighted by molar-refractivity contribution is 0.240. The smallest absolute Gasteiger partial charge is 0.261 e. The summed E-state index contributed by atoms with van der Waals surface area (Å²) >= 11 is 0. The number of benzene rings is 1. The lowest BCUT2D eigenvalue weighted by Gasteiger charge is -2.31. The maximum absolute atomic E-state index is 14.0. The van der Waals surface area contributed by atoms with E-state index in [9.17, 15) is 9.18 Å². The molecule has 0 saturated carbocycles. The molecule has 0 aliphatic carbocycles. The number of halogens is 1. The zero-order valence-corrected chi connectivity index (χ0v) is 13.7. The molecule has 1 aliphatic heterocycles. The summed E-state index contributed by atoms with van der Waals surface area (Å²) in [4.78, 5) is 21.5. The molecule has 0 amide bonds. The summed E-state index contributed by atoms with van der Waals surface area (Å²) in [6, 6.07) is 6.60. The van der Waals surface area contributed by atoms with Crippen molar-refractivity contribution in [2.24, 2.45) is 5.41 Å². The zero-order valence-electron chi connectivity index (χ0n) is 13.7. The Morgan fingerprint density at radius 3 is 2.88 bits per heavy atom. The van der Waals surface area contributed by atoms with E-state index in [2.05, 4.69) is 23.8 Å². The second-order valence-electron chi connectivity index (χ2n) is 7.17. The van der Waals surface area contributed by atoms with Crippen molar-refractivity contribution in [3.05, 3.63) is 58.7 Å². The first-order valence-electron chi connectivity index (χ1n) is 8.08. The molecule has 4 rings (SSSR count). The van der Waals surface area contributed by atoms with Crippen molar-refractivity contribution in [2.45, 2.75) is 33.2 Å². The minimum absolute atomic E-state index is 0.0130. The fraction of sp³-hybridized carbons (Fsp3) is 0.316. The molecular formula is C19H18FN3O. The van der Waals surface area contributed by atoms with Gasteiger partial charge < -0.3 is 0 Å². The summed E-state index contributed by atoms with van der Waals surface area (Å²) in [7, 11) is 0. The third-order valence-electron chi connectivity index (χ3n) is 4.72. The highest BCUT2D eigenvalue weighted by Gasteiger charge is 2.27. The van der Waals surface area contributed by atoms with Crippen LogP contribution in [0.25, 0.3) is 22.0 Å². The topological polar surface area (TPSA) is 47.8 Å². The number of hydrogen-bond acceptors (Lipinski definition) is 3. The molecule has 122 valence electrons. The van der Waals surface area contributed by atoms with E-state index < -0.39 is 0 Å². The maximum atomic E-state index is 14.0. The van der Waals surface area contributed by atoms with Gasteiger partial charge in [-0.25, -0.2) is 9.37 Å². The molecule has 0 unspecified atom stereocenters. The van der Waals surface area contributed by atoms with E-state index in [4.69, 9.17) is 0 Å². The molecule has 5 heteroatoms. The fourth-order valence-corrected chi connectivity index (χ4v) is 3.34. The average Bonchev–Trinajstić information content (AvgIpc) is 2.55. The van der Waals surface area contributed by atoms with Gasteiger partial charge in [-0.1, -0.05) is 19.9 Å². The van der Waals surface area contributed by atoms with Gasteiger partial charge in [0.05, 0.1) is 10.9 Å². The summed E-state index contributed by atoms with van der Waals surface area (Å²) in [5.74, 6) is 0.483.